The third-order valence-electron chi connectivity index (χ3n) is 8.27. The number of fused-ring (bicyclic) bond motifs is 1. The minimum absolute atomic E-state index is 0.632. The van der Waals surface area contributed by atoms with Crippen molar-refractivity contribution < 1.29 is 0 Å². The summed E-state index contributed by atoms with van der Waals surface area (Å²) in [6, 6.07) is 35.0. The molecule has 6 aromatic rings. The first-order valence-corrected chi connectivity index (χ1v) is 15.3. The van der Waals surface area contributed by atoms with Gasteiger partial charge < -0.3 is 0 Å². The molecule has 1 aliphatic carbocycles. The van der Waals surface area contributed by atoms with Crippen LogP contribution in [0.3, 0.4) is 0 Å². The minimum Gasteiger partial charge on any atom is -0.261 e. The van der Waals surface area contributed by atoms with Crippen LogP contribution in [0.5, 0.6) is 0 Å². The predicted octanol–water partition coefficient (Wildman–Crippen LogP) is 10.3. The summed E-state index contributed by atoms with van der Waals surface area (Å²) >= 11 is 0. The quantitative estimate of drug-likeness (QED) is 0.185. The molecule has 0 aliphatic heterocycles. The lowest BCUT2D eigenvalue weighted by molar-refractivity contribution is 1.02. The number of pyridine rings is 1. The highest BCUT2D eigenvalue weighted by Gasteiger charge is 2.19. The fraction of sp³-hybridized carbons (Fsp3) is 0.0476. The SMILES string of the molecule is C=Cc1cc(C2=CC(c3ccc(C)nc3)=CCC(c3nc(-c4ccccc4)nc(-c4ccccc4)n3)=C2)c2ccccc2c1C=C. The van der Waals surface area contributed by atoms with Gasteiger partial charge in [0, 0.05) is 28.6 Å². The van der Waals surface area contributed by atoms with Gasteiger partial charge in [-0.1, -0.05) is 122 Å². The van der Waals surface area contributed by atoms with Gasteiger partial charge in [0.1, 0.15) is 0 Å². The van der Waals surface area contributed by atoms with Crippen molar-refractivity contribution in [1.82, 2.24) is 19.9 Å². The summed E-state index contributed by atoms with van der Waals surface area (Å²) in [4.78, 5) is 19.7. The molecule has 4 aromatic carbocycles. The van der Waals surface area contributed by atoms with Gasteiger partial charge in [-0.2, -0.15) is 0 Å². The van der Waals surface area contributed by atoms with E-state index in [2.05, 4.69) is 78.8 Å². The van der Waals surface area contributed by atoms with Crippen LogP contribution in [-0.2, 0) is 0 Å². The smallest absolute Gasteiger partial charge is 0.164 e. The van der Waals surface area contributed by atoms with Crippen molar-refractivity contribution in [3.8, 4) is 22.8 Å². The van der Waals surface area contributed by atoms with Gasteiger partial charge in [0.25, 0.3) is 0 Å². The van der Waals surface area contributed by atoms with Crippen LogP contribution in [0.1, 0.15) is 40.2 Å². The summed E-state index contributed by atoms with van der Waals surface area (Å²) in [6.45, 7) is 10.2. The maximum Gasteiger partial charge on any atom is 0.164 e. The Labute approximate surface area is 269 Å². The van der Waals surface area contributed by atoms with Crippen molar-refractivity contribution >= 4 is 39.6 Å². The molecular formula is C42H32N4. The second kappa shape index (κ2) is 12.5. The van der Waals surface area contributed by atoms with Crippen LogP contribution in [0.4, 0.5) is 0 Å². The zero-order valence-electron chi connectivity index (χ0n) is 25.7. The van der Waals surface area contributed by atoms with E-state index < -0.39 is 0 Å². The summed E-state index contributed by atoms with van der Waals surface area (Å²) in [7, 11) is 0. The molecule has 0 unspecified atom stereocenters. The molecule has 7 rings (SSSR count). The first-order chi connectivity index (χ1) is 22.6. The zero-order chi connectivity index (χ0) is 31.5. The van der Waals surface area contributed by atoms with Crippen LogP contribution in [0.25, 0.3) is 62.4 Å². The Morgan fingerprint density at radius 3 is 1.85 bits per heavy atom. The molecule has 1 aliphatic rings. The van der Waals surface area contributed by atoms with Crippen LogP contribution in [0.2, 0.25) is 0 Å². The molecule has 0 radical (unpaired) electrons. The summed E-state index contributed by atoms with van der Waals surface area (Å²) in [5.41, 5.74) is 10.3. The van der Waals surface area contributed by atoms with Crippen LogP contribution < -0.4 is 0 Å². The Morgan fingerprint density at radius 2 is 1.24 bits per heavy atom. The van der Waals surface area contributed by atoms with E-state index in [-0.39, 0.29) is 0 Å². The van der Waals surface area contributed by atoms with Crippen molar-refractivity contribution in [2.45, 2.75) is 13.3 Å². The van der Waals surface area contributed by atoms with E-state index in [9.17, 15) is 0 Å². The lowest BCUT2D eigenvalue weighted by atomic mass is 9.89. The molecule has 4 heteroatoms. The minimum atomic E-state index is 0.632. The van der Waals surface area contributed by atoms with Gasteiger partial charge in [-0.25, -0.2) is 15.0 Å². The molecule has 0 fully saturated rings. The highest BCUT2D eigenvalue weighted by Crippen LogP contribution is 2.38. The number of hydrogen-bond acceptors (Lipinski definition) is 4. The van der Waals surface area contributed by atoms with E-state index in [1.807, 2.05) is 85.9 Å². The summed E-state index contributed by atoms with van der Waals surface area (Å²) < 4.78 is 0. The van der Waals surface area contributed by atoms with Crippen LogP contribution in [0, 0.1) is 6.92 Å². The van der Waals surface area contributed by atoms with E-state index >= 15 is 0 Å². The lowest BCUT2D eigenvalue weighted by Gasteiger charge is -2.15. The lowest BCUT2D eigenvalue weighted by Crippen LogP contribution is -2.03. The third-order valence-corrected chi connectivity index (χ3v) is 8.27. The highest BCUT2D eigenvalue weighted by molar-refractivity contribution is 6.05. The molecule has 220 valence electrons. The van der Waals surface area contributed by atoms with Gasteiger partial charge in [0.15, 0.2) is 17.5 Å². The highest BCUT2D eigenvalue weighted by atomic mass is 15.0. The molecule has 0 spiro atoms. The van der Waals surface area contributed by atoms with Gasteiger partial charge in [-0.15, -0.1) is 0 Å². The number of nitrogens with zero attached hydrogens (tertiary/aromatic N) is 4. The van der Waals surface area contributed by atoms with E-state index in [0.717, 1.165) is 66.6 Å². The van der Waals surface area contributed by atoms with E-state index in [4.69, 9.17) is 15.0 Å². The second-order valence-corrected chi connectivity index (χ2v) is 11.2. The predicted molar refractivity (Wildman–Crippen MR) is 192 cm³/mol. The summed E-state index contributed by atoms with van der Waals surface area (Å²) in [6.07, 6.45) is 13.1. The average molecular weight is 593 g/mol. The molecule has 0 bridgehead atoms. The van der Waals surface area contributed by atoms with Gasteiger partial charge in [-0.3, -0.25) is 4.98 Å². The van der Waals surface area contributed by atoms with Crippen LogP contribution >= 0.6 is 0 Å². The first-order valence-electron chi connectivity index (χ1n) is 15.3. The van der Waals surface area contributed by atoms with E-state index in [0.29, 0.717) is 23.9 Å². The fourth-order valence-electron chi connectivity index (χ4n) is 5.89. The van der Waals surface area contributed by atoms with Crippen molar-refractivity contribution in [1.29, 1.82) is 0 Å². The topological polar surface area (TPSA) is 51.6 Å². The van der Waals surface area contributed by atoms with E-state index in [1.165, 1.54) is 0 Å². The van der Waals surface area contributed by atoms with Crippen LogP contribution in [0.15, 0.2) is 141 Å². The maximum absolute atomic E-state index is 5.07. The Morgan fingerprint density at radius 1 is 0.609 bits per heavy atom. The number of allylic oxidation sites excluding steroid dienone is 6. The molecule has 0 saturated carbocycles. The van der Waals surface area contributed by atoms with Crippen molar-refractivity contribution in [2.75, 3.05) is 0 Å². The fourth-order valence-corrected chi connectivity index (χ4v) is 5.89. The number of hydrogen-bond donors (Lipinski definition) is 0. The molecule has 2 aromatic heterocycles. The third kappa shape index (κ3) is 5.64. The van der Waals surface area contributed by atoms with Gasteiger partial charge in [-0.05, 0) is 81.8 Å². The van der Waals surface area contributed by atoms with Crippen LogP contribution in [-0.4, -0.2) is 19.9 Å². The molecule has 0 atom stereocenters. The largest absolute Gasteiger partial charge is 0.261 e. The Hall–Kier alpha value is -6.00. The first kappa shape index (κ1) is 28.8. The van der Waals surface area contributed by atoms with E-state index in [1.54, 1.807) is 0 Å². The Kier molecular flexibility index (Phi) is 7.84. The number of rotatable bonds is 7. The summed E-state index contributed by atoms with van der Waals surface area (Å²) in [5.74, 6) is 1.93. The summed E-state index contributed by atoms with van der Waals surface area (Å²) in [5, 5.41) is 2.27. The van der Waals surface area contributed by atoms with Gasteiger partial charge in [0.05, 0.1) is 0 Å². The standard InChI is InChI=1S/C42H32N4/c1-4-29-26-39(38-19-13-12-18-37(38)36(29)5-2)35-24-32(34-21-20-28(3)43-27-34)22-23-33(25-35)42-45-40(30-14-8-6-9-15-30)44-41(46-42)31-16-10-7-11-17-31/h4-22,24-27H,1-2,23H2,3H3. The van der Waals surface area contributed by atoms with Crippen molar-refractivity contribution in [2.24, 2.45) is 0 Å². The molecule has 4 nitrogen and oxygen atoms in total. The van der Waals surface area contributed by atoms with Crippen molar-refractivity contribution in [3.05, 3.63) is 174 Å². The normalized spacial score (nSPS) is 12.9. The van der Waals surface area contributed by atoms with Crippen molar-refractivity contribution in [3.63, 3.8) is 0 Å². The molecule has 0 saturated heterocycles. The average Bonchev–Trinajstić information content (AvgIpc) is 3.35. The number of aryl methyl sites for hydroxylation is 1. The number of benzene rings is 4. The zero-order valence-corrected chi connectivity index (χ0v) is 25.7. The molecule has 0 amide bonds. The molecule has 46 heavy (non-hydrogen) atoms. The Bertz CT molecular complexity index is 2130. The molecule has 2 heterocycles. The van der Waals surface area contributed by atoms with Gasteiger partial charge >= 0.3 is 0 Å². The maximum atomic E-state index is 5.07. The Balaban J connectivity index is 1.47. The molecule has 0 N–H and O–H groups in total. The van der Waals surface area contributed by atoms with Gasteiger partial charge in [0.2, 0.25) is 0 Å². The monoisotopic (exact) mass is 592 g/mol. The number of aromatic nitrogens is 4. The molecular weight excluding hydrogens is 560 g/mol. The second-order valence-electron chi connectivity index (χ2n) is 11.2.